The fourth-order valence-electron chi connectivity index (χ4n) is 1.01. The van der Waals surface area contributed by atoms with Gasteiger partial charge in [0.25, 0.3) is 0 Å². The van der Waals surface area contributed by atoms with E-state index in [1.807, 2.05) is 0 Å². The third kappa shape index (κ3) is 3.22. The fraction of sp³-hybridized carbons (Fsp3) is 0.778. The topological polar surface area (TPSA) is 0 Å². The van der Waals surface area contributed by atoms with Crippen molar-refractivity contribution in [1.29, 1.82) is 0 Å². The molecule has 0 unspecified atom stereocenters. The molecule has 0 atom stereocenters. The molecule has 0 fully saturated rings. The molecule has 14 heteroatoms. The SMILES string of the molecule is C=CCSC(F)(F)C(F)(F)C(F)(F)C(F)(F)C(F)(F)C(F)(F)F. The van der Waals surface area contributed by atoms with Crippen LogP contribution < -0.4 is 0 Å². The van der Waals surface area contributed by atoms with Gasteiger partial charge in [-0.15, -0.1) is 6.58 Å². The quantitative estimate of drug-likeness (QED) is 0.402. The Balaban J connectivity index is 6.08. The monoisotopic (exact) mass is 392 g/mol. The minimum absolute atomic E-state index is 0.454. The summed E-state index contributed by atoms with van der Waals surface area (Å²) in [5.41, 5.74) is 0. The summed E-state index contributed by atoms with van der Waals surface area (Å²) in [7, 11) is 0. The first-order valence-corrected chi connectivity index (χ1v) is 6.00. The van der Waals surface area contributed by atoms with Gasteiger partial charge in [0.05, 0.1) is 0 Å². The maximum atomic E-state index is 13.0. The zero-order valence-electron chi connectivity index (χ0n) is 10.3. The predicted molar refractivity (Wildman–Crippen MR) is 53.4 cm³/mol. The minimum Gasteiger partial charge on any atom is -0.192 e. The Morgan fingerprint density at radius 1 is 0.609 bits per heavy atom. The number of thioether (sulfide) groups is 1. The normalized spacial score (nSPS) is 15.7. The van der Waals surface area contributed by atoms with Crippen LogP contribution in [0.2, 0.25) is 0 Å². The standard InChI is InChI=1S/C9H5F13S/c1-2-3-23-9(21,22)7(16,17)5(12,13)4(10,11)6(14,15)8(18,19)20/h2H,1,3H2. The van der Waals surface area contributed by atoms with Crippen LogP contribution in [0.3, 0.4) is 0 Å². The Labute approximate surface area is 123 Å². The lowest BCUT2D eigenvalue weighted by Crippen LogP contribution is -2.69. The van der Waals surface area contributed by atoms with Gasteiger partial charge in [0, 0.05) is 5.75 Å². The molecule has 0 aromatic carbocycles. The van der Waals surface area contributed by atoms with Gasteiger partial charge in [0.15, 0.2) is 0 Å². The number of hydrogen-bond donors (Lipinski definition) is 0. The molecule has 0 spiro atoms. The zero-order chi connectivity index (χ0) is 19.1. The second kappa shape index (κ2) is 5.92. The van der Waals surface area contributed by atoms with Crippen LogP contribution in [0, 0.1) is 0 Å². The van der Waals surface area contributed by atoms with Crippen LogP contribution in [0.15, 0.2) is 12.7 Å². The van der Waals surface area contributed by atoms with Crippen molar-refractivity contribution < 1.29 is 57.1 Å². The first-order valence-electron chi connectivity index (χ1n) is 5.02. The van der Waals surface area contributed by atoms with Crippen LogP contribution in [0.1, 0.15) is 0 Å². The Bertz CT molecular complexity index is 435. The van der Waals surface area contributed by atoms with E-state index >= 15 is 0 Å². The lowest BCUT2D eigenvalue weighted by atomic mass is 9.98. The Morgan fingerprint density at radius 3 is 1.26 bits per heavy atom. The van der Waals surface area contributed by atoms with Crippen molar-refractivity contribution in [3.05, 3.63) is 12.7 Å². The molecule has 0 aliphatic rings. The molecule has 138 valence electrons. The van der Waals surface area contributed by atoms with E-state index in [-0.39, 0.29) is 0 Å². The van der Waals surface area contributed by atoms with Crippen LogP contribution in [0.25, 0.3) is 0 Å². The molecule has 0 radical (unpaired) electrons. The van der Waals surface area contributed by atoms with Gasteiger partial charge in [-0.1, -0.05) is 17.8 Å². The van der Waals surface area contributed by atoms with Crippen molar-refractivity contribution in [3.8, 4) is 0 Å². The molecule has 0 bridgehead atoms. The largest absolute Gasteiger partial charge is 0.460 e. The molecular formula is C9H5F13S. The number of halogens is 13. The zero-order valence-corrected chi connectivity index (χ0v) is 11.1. The molecule has 23 heavy (non-hydrogen) atoms. The van der Waals surface area contributed by atoms with Gasteiger partial charge in [-0.05, 0) is 0 Å². The summed E-state index contributed by atoms with van der Waals surface area (Å²) in [6.07, 6.45) is -6.94. The van der Waals surface area contributed by atoms with E-state index in [4.69, 9.17) is 0 Å². The molecule has 0 heterocycles. The second-order valence-corrected chi connectivity index (χ2v) is 5.05. The van der Waals surface area contributed by atoms with Crippen molar-refractivity contribution in [1.82, 2.24) is 0 Å². The van der Waals surface area contributed by atoms with Crippen LogP contribution in [0.5, 0.6) is 0 Å². The summed E-state index contributed by atoms with van der Waals surface area (Å²) < 4.78 is 163. The van der Waals surface area contributed by atoms with E-state index < -0.39 is 52.6 Å². The van der Waals surface area contributed by atoms with Crippen LogP contribution >= 0.6 is 11.8 Å². The van der Waals surface area contributed by atoms with E-state index in [1.54, 1.807) is 0 Å². The van der Waals surface area contributed by atoms with E-state index in [0.717, 1.165) is 0 Å². The Morgan fingerprint density at radius 2 is 0.957 bits per heavy atom. The van der Waals surface area contributed by atoms with Gasteiger partial charge < -0.3 is 0 Å². The number of rotatable bonds is 7. The third-order valence-corrected chi connectivity index (χ3v) is 3.31. The molecule has 0 aromatic rings. The second-order valence-electron chi connectivity index (χ2n) is 3.91. The molecule has 0 nitrogen and oxygen atoms in total. The molecule has 0 amide bonds. The smallest absolute Gasteiger partial charge is 0.192 e. The van der Waals surface area contributed by atoms with Crippen LogP contribution in [0.4, 0.5) is 57.1 Å². The highest BCUT2D eigenvalue weighted by Crippen LogP contribution is 2.61. The first-order chi connectivity index (χ1) is 9.81. The molecule has 0 rings (SSSR count). The van der Waals surface area contributed by atoms with Crippen LogP contribution in [-0.2, 0) is 0 Å². The third-order valence-electron chi connectivity index (χ3n) is 2.29. The molecule has 0 saturated carbocycles. The molecule has 0 saturated heterocycles. The van der Waals surface area contributed by atoms with Crippen molar-refractivity contribution in [2.45, 2.75) is 35.1 Å². The molecule has 0 aromatic heterocycles. The van der Waals surface area contributed by atoms with Gasteiger partial charge in [0.1, 0.15) is 0 Å². The summed E-state index contributed by atoms with van der Waals surface area (Å²) in [5, 5.41) is -6.09. The van der Waals surface area contributed by atoms with Crippen molar-refractivity contribution in [2.24, 2.45) is 0 Å². The first kappa shape index (κ1) is 22.2. The highest BCUT2D eigenvalue weighted by atomic mass is 32.2. The molecule has 0 N–H and O–H groups in total. The number of hydrogen-bond acceptors (Lipinski definition) is 1. The maximum Gasteiger partial charge on any atom is 0.460 e. The summed E-state index contributed by atoms with van der Waals surface area (Å²) in [4.78, 5) is 0. The minimum atomic E-state index is -7.85. The molecular weight excluding hydrogens is 387 g/mol. The summed E-state index contributed by atoms with van der Waals surface area (Å²) in [5.74, 6) is -31.7. The van der Waals surface area contributed by atoms with Crippen molar-refractivity contribution in [3.63, 3.8) is 0 Å². The average molecular weight is 392 g/mol. The summed E-state index contributed by atoms with van der Waals surface area (Å²) in [6, 6.07) is 0. The Hall–Kier alpha value is -0.820. The van der Waals surface area contributed by atoms with Gasteiger partial charge in [-0.2, -0.15) is 57.1 Å². The fourth-order valence-corrected chi connectivity index (χ4v) is 1.65. The average Bonchev–Trinajstić information content (AvgIpc) is 2.34. The number of alkyl halides is 13. The van der Waals surface area contributed by atoms with E-state index in [9.17, 15) is 57.1 Å². The van der Waals surface area contributed by atoms with Gasteiger partial charge in [0.2, 0.25) is 0 Å². The highest BCUT2D eigenvalue weighted by molar-refractivity contribution is 8.00. The van der Waals surface area contributed by atoms with Crippen LogP contribution in [-0.4, -0.2) is 40.9 Å². The lowest BCUT2D eigenvalue weighted by molar-refractivity contribution is -0.433. The lowest BCUT2D eigenvalue weighted by Gasteiger charge is -2.39. The predicted octanol–water partition coefficient (Wildman–Crippen LogP) is 5.60. The molecule has 0 aliphatic heterocycles. The van der Waals surface area contributed by atoms with Crippen molar-refractivity contribution in [2.75, 3.05) is 5.75 Å². The van der Waals surface area contributed by atoms with E-state index in [2.05, 4.69) is 6.58 Å². The van der Waals surface area contributed by atoms with Gasteiger partial charge >= 0.3 is 35.1 Å². The van der Waals surface area contributed by atoms with Gasteiger partial charge in [-0.3, -0.25) is 0 Å². The van der Waals surface area contributed by atoms with E-state index in [0.29, 0.717) is 6.08 Å². The van der Waals surface area contributed by atoms with Gasteiger partial charge in [-0.25, -0.2) is 0 Å². The highest BCUT2D eigenvalue weighted by Gasteiger charge is 2.90. The maximum absolute atomic E-state index is 13.0. The van der Waals surface area contributed by atoms with Crippen molar-refractivity contribution >= 4 is 11.8 Å². The summed E-state index contributed by atoms with van der Waals surface area (Å²) in [6.45, 7) is 2.72. The summed E-state index contributed by atoms with van der Waals surface area (Å²) >= 11 is -1.39. The van der Waals surface area contributed by atoms with E-state index in [1.165, 1.54) is 0 Å². The Kier molecular flexibility index (Phi) is 5.71. The molecule has 0 aliphatic carbocycles.